The number of nitrogens with zero attached hydrogens (tertiary/aromatic N) is 2. The number of amides is 1. The van der Waals surface area contributed by atoms with Crippen LogP contribution in [-0.2, 0) is 17.8 Å². The smallest absolute Gasteiger partial charge is 0.302 e. The first-order chi connectivity index (χ1) is 9.19. The summed E-state index contributed by atoms with van der Waals surface area (Å²) in [6.45, 7) is 2.06. The number of benzene rings is 1. The minimum atomic E-state index is -0.187. The van der Waals surface area contributed by atoms with E-state index in [0.717, 1.165) is 17.7 Å². The first-order valence-corrected chi connectivity index (χ1v) is 5.95. The second-order valence-electron chi connectivity index (χ2n) is 4.07. The molecule has 2 aromatic rings. The zero-order valence-electron chi connectivity index (χ0n) is 10.9. The Labute approximate surface area is 111 Å². The molecule has 0 aliphatic carbocycles. The van der Waals surface area contributed by atoms with Crippen LogP contribution in [0.15, 0.2) is 35.0 Å². The van der Waals surface area contributed by atoms with E-state index in [1.165, 1.54) is 6.92 Å². The zero-order chi connectivity index (χ0) is 13.7. The molecule has 0 aliphatic rings. The molecule has 0 saturated heterocycles. The Morgan fingerprint density at radius 1 is 1.47 bits per heavy atom. The van der Waals surface area contributed by atoms with Crippen LogP contribution in [0.2, 0.25) is 0 Å². The van der Waals surface area contributed by atoms with Gasteiger partial charge in [0.15, 0.2) is 6.54 Å². The highest BCUT2D eigenvalue weighted by molar-refractivity contribution is 5.86. The molecule has 1 aromatic carbocycles. The second kappa shape index (κ2) is 5.99. The van der Waals surface area contributed by atoms with Gasteiger partial charge in [-0.2, -0.15) is 0 Å². The summed E-state index contributed by atoms with van der Waals surface area (Å²) in [6.07, 6.45) is 2.41. The third-order valence-corrected chi connectivity index (χ3v) is 2.61. The minimum Gasteiger partial charge on any atom is -0.496 e. The van der Waals surface area contributed by atoms with Crippen molar-refractivity contribution in [1.82, 2.24) is 5.27 Å². The number of carbonyl (C=O) groups excluding carboxylic acids is 1. The van der Waals surface area contributed by atoms with Crippen LogP contribution in [0.1, 0.15) is 12.5 Å². The summed E-state index contributed by atoms with van der Waals surface area (Å²) in [7, 11) is 1.65. The number of hydrogen-bond acceptors (Lipinski definition) is 4. The Bertz CT molecular complexity index is 566. The maximum Gasteiger partial charge on any atom is 0.302 e. The molecule has 1 heterocycles. The average molecular weight is 262 g/mol. The second-order valence-corrected chi connectivity index (χ2v) is 4.07. The van der Waals surface area contributed by atoms with E-state index in [4.69, 9.17) is 9.26 Å². The largest absolute Gasteiger partial charge is 0.496 e. The van der Waals surface area contributed by atoms with Crippen molar-refractivity contribution < 1.29 is 18.7 Å². The molecule has 0 bridgehead atoms. The number of ether oxygens (including phenoxy) is 1. The molecule has 6 heteroatoms. The predicted octanol–water partition coefficient (Wildman–Crippen LogP) is 1.17. The topological polar surface area (TPSA) is 68.2 Å². The summed E-state index contributed by atoms with van der Waals surface area (Å²) in [4.78, 5) is 10.9. The van der Waals surface area contributed by atoms with Crippen molar-refractivity contribution in [2.75, 3.05) is 12.4 Å². The van der Waals surface area contributed by atoms with Crippen molar-refractivity contribution in [1.29, 1.82) is 0 Å². The number of rotatable bonds is 5. The Morgan fingerprint density at radius 3 is 3.00 bits per heavy atom. The summed E-state index contributed by atoms with van der Waals surface area (Å²) >= 11 is 0. The van der Waals surface area contributed by atoms with Crippen LogP contribution < -0.4 is 14.7 Å². The van der Waals surface area contributed by atoms with Gasteiger partial charge in [0.25, 0.3) is 6.20 Å². The number of para-hydroxylation sites is 1. The molecule has 1 aromatic heterocycles. The lowest BCUT2D eigenvalue weighted by molar-refractivity contribution is -0.761. The van der Waals surface area contributed by atoms with E-state index < -0.39 is 0 Å². The lowest BCUT2D eigenvalue weighted by Crippen LogP contribution is -2.35. The molecule has 1 amide bonds. The van der Waals surface area contributed by atoms with Crippen LogP contribution in [0.5, 0.6) is 5.75 Å². The summed E-state index contributed by atoms with van der Waals surface area (Å²) < 4.78 is 11.9. The SMILES string of the molecule is COc1ccccc1CC[n+]1cc(NC(C)=O)on1. The van der Waals surface area contributed by atoms with Gasteiger partial charge in [0.2, 0.25) is 11.2 Å². The van der Waals surface area contributed by atoms with E-state index in [2.05, 4.69) is 10.6 Å². The molecule has 0 saturated carbocycles. The van der Waals surface area contributed by atoms with Crippen LogP contribution in [0.3, 0.4) is 0 Å². The third kappa shape index (κ3) is 3.54. The average Bonchev–Trinajstić information content (AvgIpc) is 2.83. The number of methoxy groups -OCH3 is 1. The molecule has 1 N–H and O–H groups in total. The molecular weight excluding hydrogens is 246 g/mol. The number of aromatic nitrogens is 2. The highest BCUT2D eigenvalue weighted by Crippen LogP contribution is 2.17. The van der Waals surface area contributed by atoms with Gasteiger partial charge in [-0.1, -0.05) is 22.9 Å². The van der Waals surface area contributed by atoms with Crippen molar-refractivity contribution in [3.05, 3.63) is 36.0 Å². The van der Waals surface area contributed by atoms with Crippen LogP contribution in [-0.4, -0.2) is 18.3 Å². The van der Waals surface area contributed by atoms with Crippen LogP contribution in [0, 0.1) is 0 Å². The van der Waals surface area contributed by atoms with Gasteiger partial charge in [-0.25, -0.2) is 0 Å². The van der Waals surface area contributed by atoms with E-state index in [1.807, 2.05) is 24.3 Å². The molecule has 0 spiro atoms. The van der Waals surface area contributed by atoms with Gasteiger partial charge in [0, 0.05) is 18.9 Å². The first-order valence-electron chi connectivity index (χ1n) is 5.95. The minimum absolute atomic E-state index is 0.187. The van der Waals surface area contributed by atoms with Crippen LogP contribution in [0.25, 0.3) is 0 Å². The highest BCUT2D eigenvalue weighted by atomic mass is 16.5. The van der Waals surface area contributed by atoms with E-state index in [9.17, 15) is 4.79 Å². The molecule has 19 heavy (non-hydrogen) atoms. The van der Waals surface area contributed by atoms with Gasteiger partial charge in [0.1, 0.15) is 5.75 Å². The van der Waals surface area contributed by atoms with Gasteiger partial charge in [0.05, 0.1) is 7.11 Å². The molecule has 0 unspecified atom stereocenters. The molecule has 6 nitrogen and oxygen atoms in total. The van der Waals surface area contributed by atoms with Gasteiger partial charge >= 0.3 is 5.88 Å². The Hall–Kier alpha value is -2.37. The number of aryl methyl sites for hydroxylation is 2. The summed E-state index contributed by atoms with van der Waals surface area (Å²) in [5, 5.41) is 6.36. The first kappa shape index (κ1) is 13.1. The Balaban J connectivity index is 1.98. The van der Waals surface area contributed by atoms with Crippen molar-refractivity contribution in [3.8, 4) is 5.75 Å². The quantitative estimate of drug-likeness (QED) is 0.821. The molecule has 0 fully saturated rings. The fourth-order valence-electron chi connectivity index (χ4n) is 1.76. The standard InChI is InChI=1S/C13H15N3O3/c1-10(17)14-13-9-16(15-19-13)8-7-11-5-3-4-6-12(11)18-2/h3-6,9H,7-8H2,1-2H3/p+1. The third-order valence-electron chi connectivity index (χ3n) is 2.61. The fourth-order valence-corrected chi connectivity index (χ4v) is 1.76. The van der Waals surface area contributed by atoms with Crippen molar-refractivity contribution in [3.63, 3.8) is 0 Å². The van der Waals surface area contributed by atoms with Crippen molar-refractivity contribution in [2.24, 2.45) is 0 Å². The van der Waals surface area contributed by atoms with E-state index in [-0.39, 0.29) is 5.91 Å². The molecule has 2 rings (SSSR count). The van der Waals surface area contributed by atoms with Crippen molar-refractivity contribution in [2.45, 2.75) is 19.9 Å². The maximum atomic E-state index is 10.9. The van der Waals surface area contributed by atoms with Crippen LogP contribution in [0.4, 0.5) is 5.88 Å². The molecule has 0 atom stereocenters. The van der Waals surface area contributed by atoms with Gasteiger partial charge in [-0.3, -0.25) is 14.6 Å². The monoisotopic (exact) mass is 262 g/mol. The summed E-state index contributed by atoms with van der Waals surface area (Å²) in [5.41, 5.74) is 1.10. The van der Waals surface area contributed by atoms with E-state index >= 15 is 0 Å². The normalized spacial score (nSPS) is 10.2. The van der Waals surface area contributed by atoms with Crippen LogP contribution >= 0.6 is 0 Å². The summed E-state index contributed by atoms with van der Waals surface area (Å²) in [6, 6.07) is 7.83. The van der Waals surface area contributed by atoms with Gasteiger partial charge in [-0.15, -0.1) is 0 Å². The number of anilines is 1. The summed E-state index contributed by atoms with van der Waals surface area (Å²) in [5.74, 6) is 1.01. The number of hydrogen-bond donors (Lipinski definition) is 1. The lowest BCUT2D eigenvalue weighted by atomic mass is 10.1. The predicted molar refractivity (Wildman–Crippen MR) is 67.7 cm³/mol. The fraction of sp³-hybridized carbons (Fsp3) is 0.308. The number of carbonyl (C=O) groups is 1. The molecule has 0 aliphatic heterocycles. The number of nitrogens with one attached hydrogen (secondary N) is 1. The maximum absolute atomic E-state index is 10.9. The zero-order valence-corrected chi connectivity index (χ0v) is 10.9. The Morgan fingerprint density at radius 2 is 2.26 bits per heavy atom. The highest BCUT2D eigenvalue weighted by Gasteiger charge is 2.13. The molecule has 100 valence electrons. The van der Waals surface area contributed by atoms with Gasteiger partial charge < -0.3 is 4.74 Å². The van der Waals surface area contributed by atoms with Crippen molar-refractivity contribution >= 4 is 11.8 Å². The van der Waals surface area contributed by atoms with E-state index in [0.29, 0.717) is 12.4 Å². The molecule has 0 radical (unpaired) electrons. The lowest BCUT2D eigenvalue weighted by Gasteiger charge is -2.04. The molecular formula is C13H16N3O3+. The Kier molecular flexibility index (Phi) is 4.12. The van der Waals surface area contributed by atoms with Gasteiger partial charge in [-0.05, 0) is 6.07 Å². The van der Waals surface area contributed by atoms with E-state index in [1.54, 1.807) is 18.0 Å².